The number of methoxy groups -OCH3 is 3. The van der Waals surface area contributed by atoms with E-state index in [0.29, 0.717) is 11.5 Å². The molecule has 0 aromatic heterocycles. The SMILES string of the molecule is CC.CCC1C(C)=NN=C(c2ccc(OC)c(OC)c2)c2ccc(OC)cc21. The highest BCUT2D eigenvalue weighted by atomic mass is 16.5. The molecule has 1 heterocycles. The molecule has 5 nitrogen and oxygen atoms in total. The molecule has 0 N–H and O–H groups in total. The molecule has 1 unspecified atom stereocenters. The smallest absolute Gasteiger partial charge is 0.161 e. The van der Waals surface area contributed by atoms with Gasteiger partial charge in [0, 0.05) is 22.8 Å². The average molecular weight is 383 g/mol. The molecule has 28 heavy (non-hydrogen) atoms. The second-order valence-corrected chi connectivity index (χ2v) is 6.17. The average Bonchev–Trinajstić information content (AvgIpc) is 2.89. The highest BCUT2D eigenvalue weighted by Crippen LogP contribution is 2.34. The van der Waals surface area contributed by atoms with Gasteiger partial charge in [-0.25, -0.2) is 0 Å². The number of ether oxygens (including phenoxy) is 3. The molecule has 0 saturated carbocycles. The Labute approximate surface area is 168 Å². The van der Waals surface area contributed by atoms with Crippen molar-refractivity contribution in [3.8, 4) is 17.2 Å². The van der Waals surface area contributed by atoms with Gasteiger partial charge in [-0.1, -0.05) is 20.8 Å². The summed E-state index contributed by atoms with van der Waals surface area (Å²) in [6.07, 6.45) is 0.949. The van der Waals surface area contributed by atoms with E-state index in [-0.39, 0.29) is 5.92 Å². The van der Waals surface area contributed by atoms with E-state index >= 15 is 0 Å². The fourth-order valence-corrected chi connectivity index (χ4v) is 3.36. The molecule has 0 bridgehead atoms. The van der Waals surface area contributed by atoms with Crippen molar-refractivity contribution >= 4 is 11.4 Å². The van der Waals surface area contributed by atoms with Crippen molar-refractivity contribution in [3.63, 3.8) is 0 Å². The van der Waals surface area contributed by atoms with Crippen LogP contribution >= 0.6 is 0 Å². The summed E-state index contributed by atoms with van der Waals surface area (Å²) in [5, 5.41) is 9.06. The van der Waals surface area contributed by atoms with Gasteiger partial charge in [-0.3, -0.25) is 0 Å². The maximum Gasteiger partial charge on any atom is 0.161 e. The van der Waals surface area contributed by atoms with Crippen molar-refractivity contribution in [2.45, 2.75) is 40.0 Å². The van der Waals surface area contributed by atoms with Crippen LogP contribution in [0, 0.1) is 0 Å². The van der Waals surface area contributed by atoms with Crippen LogP contribution in [0.5, 0.6) is 17.2 Å². The van der Waals surface area contributed by atoms with Gasteiger partial charge < -0.3 is 14.2 Å². The Morgan fingerprint density at radius 3 is 2.18 bits per heavy atom. The highest BCUT2D eigenvalue weighted by molar-refractivity contribution is 6.15. The second-order valence-electron chi connectivity index (χ2n) is 6.17. The van der Waals surface area contributed by atoms with E-state index in [1.807, 2.05) is 45.0 Å². The molecule has 1 atom stereocenters. The van der Waals surface area contributed by atoms with E-state index in [1.165, 1.54) is 5.56 Å². The van der Waals surface area contributed by atoms with Gasteiger partial charge in [0.2, 0.25) is 0 Å². The molecular formula is C23H30N2O3. The van der Waals surface area contributed by atoms with Crippen LogP contribution in [0.1, 0.15) is 56.7 Å². The lowest BCUT2D eigenvalue weighted by molar-refractivity contribution is 0.355. The van der Waals surface area contributed by atoms with E-state index in [1.54, 1.807) is 21.3 Å². The zero-order chi connectivity index (χ0) is 20.7. The van der Waals surface area contributed by atoms with Gasteiger partial charge in [0.1, 0.15) is 11.5 Å². The van der Waals surface area contributed by atoms with Crippen LogP contribution in [0.3, 0.4) is 0 Å². The first-order chi connectivity index (χ1) is 13.6. The standard InChI is InChI=1S/C21H24N2O3.C2H6/c1-6-16-13(2)22-23-21(17-9-8-15(24-3)12-18(16)17)14-7-10-19(25-4)20(11-14)26-5;1-2/h7-12,16H,6H2,1-5H3;1-2H3. The van der Waals surface area contributed by atoms with Crippen LogP contribution < -0.4 is 14.2 Å². The van der Waals surface area contributed by atoms with E-state index in [9.17, 15) is 0 Å². The van der Waals surface area contributed by atoms with Crippen molar-refractivity contribution in [2.75, 3.05) is 21.3 Å². The Morgan fingerprint density at radius 2 is 1.57 bits per heavy atom. The molecule has 150 valence electrons. The van der Waals surface area contributed by atoms with Crippen LogP contribution in [0.4, 0.5) is 0 Å². The van der Waals surface area contributed by atoms with Crippen LogP contribution in [0.2, 0.25) is 0 Å². The molecule has 0 saturated heterocycles. The molecule has 0 spiro atoms. The molecular weight excluding hydrogens is 352 g/mol. The third-order valence-corrected chi connectivity index (χ3v) is 4.77. The number of benzene rings is 2. The summed E-state index contributed by atoms with van der Waals surface area (Å²) in [5.74, 6) is 2.40. The lowest BCUT2D eigenvalue weighted by Crippen LogP contribution is -2.12. The van der Waals surface area contributed by atoms with E-state index in [4.69, 9.17) is 14.2 Å². The van der Waals surface area contributed by atoms with Crippen LogP contribution in [-0.2, 0) is 0 Å². The minimum Gasteiger partial charge on any atom is -0.497 e. The number of hydrogen-bond acceptors (Lipinski definition) is 5. The van der Waals surface area contributed by atoms with Crippen molar-refractivity contribution in [2.24, 2.45) is 10.2 Å². The third-order valence-electron chi connectivity index (χ3n) is 4.77. The summed E-state index contributed by atoms with van der Waals surface area (Å²) in [6.45, 7) is 8.19. The lowest BCUT2D eigenvalue weighted by Gasteiger charge is -2.18. The highest BCUT2D eigenvalue weighted by Gasteiger charge is 2.24. The topological polar surface area (TPSA) is 52.4 Å². The maximum absolute atomic E-state index is 5.45. The Morgan fingerprint density at radius 1 is 0.857 bits per heavy atom. The Balaban J connectivity index is 0.00000136. The number of fused-ring (bicyclic) bond motifs is 1. The second kappa shape index (κ2) is 9.93. The fourth-order valence-electron chi connectivity index (χ4n) is 3.36. The Kier molecular flexibility index (Phi) is 7.61. The van der Waals surface area contributed by atoms with Crippen molar-refractivity contribution in [1.82, 2.24) is 0 Å². The predicted octanol–water partition coefficient (Wildman–Crippen LogP) is 5.46. The molecule has 1 aliphatic heterocycles. The molecule has 0 aliphatic carbocycles. The molecule has 3 rings (SSSR count). The molecule has 2 aromatic rings. The molecule has 0 fully saturated rings. The van der Waals surface area contributed by atoms with Gasteiger partial charge in [0.05, 0.1) is 21.3 Å². The quantitative estimate of drug-likeness (QED) is 0.690. The van der Waals surface area contributed by atoms with Crippen LogP contribution in [0.15, 0.2) is 46.6 Å². The third kappa shape index (κ3) is 4.19. The van der Waals surface area contributed by atoms with Crippen molar-refractivity contribution in [1.29, 1.82) is 0 Å². The summed E-state index contributed by atoms with van der Waals surface area (Å²) in [4.78, 5) is 0. The number of rotatable bonds is 5. The van der Waals surface area contributed by atoms with Gasteiger partial charge in [-0.05, 0) is 55.3 Å². The van der Waals surface area contributed by atoms with Crippen molar-refractivity contribution in [3.05, 3.63) is 53.1 Å². The summed E-state index contributed by atoms with van der Waals surface area (Å²) >= 11 is 0. The van der Waals surface area contributed by atoms with Gasteiger partial charge in [0.15, 0.2) is 11.5 Å². The zero-order valence-electron chi connectivity index (χ0n) is 17.9. The van der Waals surface area contributed by atoms with Crippen molar-refractivity contribution < 1.29 is 14.2 Å². The molecule has 0 amide bonds. The first-order valence-electron chi connectivity index (χ1n) is 9.65. The van der Waals surface area contributed by atoms with Gasteiger partial charge >= 0.3 is 0 Å². The minimum absolute atomic E-state index is 0.210. The minimum atomic E-state index is 0.210. The van der Waals surface area contributed by atoms with Gasteiger partial charge in [-0.2, -0.15) is 5.10 Å². The van der Waals surface area contributed by atoms with E-state index < -0.39 is 0 Å². The van der Waals surface area contributed by atoms with E-state index in [2.05, 4.69) is 29.3 Å². The monoisotopic (exact) mass is 382 g/mol. The summed E-state index contributed by atoms with van der Waals surface area (Å²) in [6, 6.07) is 11.9. The summed E-state index contributed by atoms with van der Waals surface area (Å²) < 4.78 is 16.2. The molecule has 1 aliphatic rings. The molecule has 5 heteroatoms. The lowest BCUT2D eigenvalue weighted by atomic mass is 9.86. The Bertz CT molecular complexity index is 872. The summed E-state index contributed by atoms with van der Waals surface area (Å²) in [7, 11) is 4.94. The molecule has 2 aromatic carbocycles. The maximum atomic E-state index is 5.45. The number of nitrogens with zero attached hydrogens (tertiary/aromatic N) is 2. The van der Waals surface area contributed by atoms with Crippen LogP contribution in [0.25, 0.3) is 0 Å². The van der Waals surface area contributed by atoms with Gasteiger partial charge in [0.25, 0.3) is 0 Å². The number of hydrogen-bond donors (Lipinski definition) is 0. The Hall–Kier alpha value is -2.82. The first kappa shape index (κ1) is 21.5. The van der Waals surface area contributed by atoms with Gasteiger partial charge in [-0.15, -0.1) is 5.10 Å². The molecule has 0 radical (unpaired) electrons. The first-order valence-corrected chi connectivity index (χ1v) is 9.65. The summed E-state index contributed by atoms with van der Waals surface area (Å²) in [5.41, 5.74) is 4.99. The van der Waals surface area contributed by atoms with Crippen LogP contribution in [-0.4, -0.2) is 32.8 Å². The zero-order valence-corrected chi connectivity index (χ0v) is 17.9. The normalized spacial score (nSPS) is 15.2. The van der Waals surface area contributed by atoms with E-state index in [0.717, 1.165) is 34.7 Å². The predicted molar refractivity (Wildman–Crippen MR) is 116 cm³/mol. The fraction of sp³-hybridized carbons (Fsp3) is 0.391. The largest absolute Gasteiger partial charge is 0.497 e.